The Morgan fingerprint density at radius 1 is 1.10 bits per heavy atom. The van der Waals surface area contributed by atoms with Crippen LogP contribution in [-0.2, 0) is 0 Å². The number of ether oxygens (including phenoxy) is 1. The van der Waals surface area contributed by atoms with E-state index in [2.05, 4.69) is 5.32 Å². The molecule has 2 rings (SSSR count). The monoisotopic (exact) mass is 297 g/mol. The molecule has 0 fully saturated rings. The van der Waals surface area contributed by atoms with Crippen LogP contribution in [0, 0.1) is 0 Å². The Labute approximate surface area is 121 Å². The Morgan fingerprint density at radius 3 is 2.38 bits per heavy atom. The summed E-state index contributed by atoms with van der Waals surface area (Å²) < 4.78 is 42.2. The van der Waals surface area contributed by atoms with Crippen molar-refractivity contribution in [2.24, 2.45) is 0 Å². The predicted molar refractivity (Wildman–Crippen MR) is 77.6 cm³/mol. The number of hydrogen-bond acceptors (Lipinski definition) is 2. The van der Waals surface area contributed by atoms with Crippen molar-refractivity contribution in [2.75, 3.05) is 14.2 Å². The Bertz CT molecular complexity index is 610. The van der Waals surface area contributed by atoms with E-state index in [1.807, 2.05) is 36.4 Å². The van der Waals surface area contributed by atoms with Crippen molar-refractivity contribution in [2.45, 2.75) is 25.1 Å². The van der Waals surface area contributed by atoms with E-state index in [9.17, 15) is 13.2 Å². The van der Waals surface area contributed by atoms with E-state index in [4.69, 9.17) is 4.74 Å². The topological polar surface area (TPSA) is 21.3 Å². The summed E-state index contributed by atoms with van der Waals surface area (Å²) in [4.78, 5) is 0. The van der Waals surface area contributed by atoms with Crippen LogP contribution in [0.3, 0.4) is 0 Å². The zero-order valence-electron chi connectivity index (χ0n) is 12.0. The lowest BCUT2D eigenvalue weighted by molar-refractivity contribution is -0.136. The second kappa shape index (κ2) is 6.35. The highest BCUT2D eigenvalue weighted by atomic mass is 19.4. The molecule has 1 atom stereocenters. The first kappa shape index (κ1) is 15.6. The van der Waals surface area contributed by atoms with Gasteiger partial charge in [-0.1, -0.05) is 18.2 Å². The van der Waals surface area contributed by atoms with Gasteiger partial charge in [0.25, 0.3) is 0 Å². The van der Waals surface area contributed by atoms with Crippen molar-refractivity contribution in [3.63, 3.8) is 0 Å². The van der Waals surface area contributed by atoms with Crippen LogP contribution in [0.2, 0.25) is 0 Å². The molecule has 114 valence electrons. The molecule has 0 amide bonds. The maximum Gasteiger partial charge on any atom is 0.389 e. The third kappa shape index (κ3) is 4.11. The summed E-state index contributed by atoms with van der Waals surface area (Å²) in [6, 6.07) is 11.0. The minimum absolute atomic E-state index is 0.0294. The van der Waals surface area contributed by atoms with Gasteiger partial charge in [-0.25, -0.2) is 0 Å². The molecule has 0 aromatic heterocycles. The van der Waals surface area contributed by atoms with Gasteiger partial charge in [-0.15, -0.1) is 0 Å². The van der Waals surface area contributed by atoms with Gasteiger partial charge in [-0.05, 0) is 48.0 Å². The van der Waals surface area contributed by atoms with Gasteiger partial charge in [-0.3, -0.25) is 0 Å². The van der Waals surface area contributed by atoms with E-state index < -0.39 is 12.6 Å². The molecule has 1 N–H and O–H groups in total. The van der Waals surface area contributed by atoms with Gasteiger partial charge >= 0.3 is 6.18 Å². The first-order valence-electron chi connectivity index (χ1n) is 6.74. The first-order valence-corrected chi connectivity index (χ1v) is 6.74. The van der Waals surface area contributed by atoms with Crippen LogP contribution in [0.1, 0.15) is 24.4 Å². The zero-order valence-corrected chi connectivity index (χ0v) is 12.0. The number of hydrogen-bond donors (Lipinski definition) is 1. The van der Waals surface area contributed by atoms with Gasteiger partial charge in [0, 0.05) is 12.5 Å². The second-order valence-corrected chi connectivity index (χ2v) is 4.97. The summed E-state index contributed by atoms with van der Waals surface area (Å²) in [5.74, 6) is 0.762. The lowest BCUT2D eigenvalue weighted by atomic mass is 9.98. The highest BCUT2D eigenvalue weighted by molar-refractivity contribution is 5.84. The summed E-state index contributed by atoms with van der Waals surface area (Å²) in [5, 5.41) is 4.94. The summed E-state index contributed by atoms with van der Waals surface area (Å²) in [6.45, 7) is 0. The minimum Gasteiger partial charge on any atom is -0.497 e. The van der Waals surface area contributed by atoms with Gasteiger partial charge in [0.1, 0.15) is 5.75 Å². The van der Waals surface area contributed by atoms with Gasteiger partial charge in [-0.2, -0.15) is 13.2 Å². The molecule has 0 saturated heterocycles. The Balaban J connectivity index is 2.23. The SMILES string of the molecule is CNC(CCC(F)(F)F)c1ccc2cc(OC)ccc2c1. The van der Waals surface area contributed by atoms with Gasteiger partial charge in [0.05, 0.1) is 7.11 Å². The molecule has 0 aliphatic heterocycles. The highest BCUT2D eigenvalue weighted by Gasteiger charge is 2.28. The normalized spacial score (nSPS) is 13.4. The molecule has 1 unspecified atom stereocenters. The summed E-state index contributed by atoms with van der Waals surface area (Å²) >= 11 is 0. The molecule has 2 aromatic carbocycles. The number of methoxy groups -OCH3 is 1. The molecule has 5 heteroatoms. The fourth-order valence-electron chi connectivity index (χ4n) is 2.37. The maximum absolute atomic E-state index is 12.4. The van der Waals surface area contributed by atoms with E-state index in [1.165, 1.54) is 0 Å². The predicted octanol–water partition coefficient (Wildman–Crippen LogP) is 4.45. The first-order chi connectivity index (χ1) is 9.93. The average Bonchev–Trinajstić information content (AvgIpc) is 2.46. The Hall–Kier alpha value is -1.75. The van der Waals surface area contributed by atoms with Crippen molar-refractivity contribution in [3.05, 3.63) is 42.0 Å². The number of rotatable bonds is 5. The van der Waals surface area contributed by atoms with Crippen LogP contribution >= 0.6 is 0 Å². The number of fused-ring (bicyclic) bond motifs is 1. The van der Waals surface area contributed by atoms with Crippen molar-refractivity contribution < 1.29 is 17.9 Å². The van der Waals surface area contributed by atoms with E-state index in [0.29, 0.717) is 0 Å². The third-order valence-corrected chi connectivity index (χ3v) is 3.54. The quantitative estimate of drug-likeness (QED) is 0.880. The van der Waals surface area contributed by atoms with E-state index in [0.717, 1.165) is 22.1 Å². The molecule has 2 nitrogen and oxygen atoms in total. The van der Waals surface area contributed by atoms with Gasteiger partial charge in [0.2, 0.25) is 0 Å². The third-order valence-electron chi connectivity index (χ3n) is 3.54. The molecule has 21 heavy (non-hydrogen) atoms. The highest BCUT2D eigenvalue weighted by Crippen LogP contribution is 2.29. The average molecular weight is 297 g/mol. The van der Waals surface area contributed by atoms with Crippen molar-refractivity contribution >= 4 is 10.8 Å². The van der Waals surface area contributed by atoms with Crippen LogP contribution in [0.4, 0.5) is 13.2 Å². The number of halogens is 3. The van der Waals surface area contributed by atoms with E-state index >= 15 is 0 Å². The standard InChI is InChI=1S/C16H18F3NO/c1-20-15(7-8-16(17,18)19)13-4-3-12-10-14(21-2)6-5-11(12)9-13/h3-6,9-10,15,20H,7-8H2,1-2H3. The van der Waals surface area contributed by atoms with Crippen LogP contribution in [-0.4, -0.2) is 20.3 Å². The van der Waals surface area contributed by atoms with Crippen molar-refractivity contribution in [1.82, 2.24) is 5.32 Å². The van der Waals surface area contributed by atoms with Gasteiger partial charge < -0.3 is 10.1 Å². The fraction of sp³-hybridized carbons (Fsp3) is 0.375. The lowest BCUT2D eigenvalue weighted by Crippen LogP contribution is -2.19. The number of benzene rings is 2. The lowest BCUT2D eigenvalue weighted by Gasteiger charge is -2.18. The maximum atomic E-state index is 12.4. The smallest absolute Gasteiger partial charge is 0.389 e. The zero-order chi connectivity index (χ0) is 15.5. The molecule has 0 aliphatic rings. The Morgan fingerprint density at radius 2 is 1.76 bits per heavy atom. The Kier molecular flexibility index (Phi) is 4.73. The molecule has 0 saturated carbocycles. The van der Waals surface area contributed by atoms with Crippen molar-refractivity contribution in [1.29, 1.82) is 0 Å². The largest absolute Gasteiger partial charge is 0.497 e. The molecule has 0 bridgehead atoms. The van der Waals surface area contributed by atoms with Gasteiger partial charge in [0.15, 0.2) is 0 Å². The van der Waals surface area contributed by atoms with E-state index in [1.54, 1.807) is 14.2 Å². The molecule has 0 radical (unpaired) electrons. The molecule has 2 aromatic rings. The summed E-state index contributed by atoms with van der Waals surface area (Å²) in [7, 11) is 3.28. The summed E-state index contributed by atoms with van der Waals surface area (Å²) in [5.41, 5.74) is 0.861. The summed E-state index contributed by atoms with van der Waals surface area (Å²) in [6.07, 6.45) is -4.89. The van der Waals surface area contributed by atoms with Crippen LogP contribution in [0.15, 0.2) is 36.4 Å². The molecule has 0 aliphatic carbocycles. The van der Waals surface area contributed by atoms with Crippen LogP contribution in [0.25, 0.3) is 10.8 Å². The second-order valence-electron chi connectivity index (χ2n) is 4.97. The van der Waals surface area contributed by atoms with Crippen LogP contribution < -0.4 is 10.1 Å². The fourth-order valence-corrected chi connectivity index (χ4v) is 2.37. The van der Waals surface area contributed by atoms with Crippen molar-refractivity contribution in [3.8, 4) is 5.75 Å². The molecule has 0 spiro atoms. The minimum atomic E-state index is -4.13. The molecular formula is C16H18F3NO. The number of nitrogens with one attached hydrogen (secondary N) is 1. The molecule has 0 heterocycles. The molecular weight excluding hydrogens is 279 g/mol. The number of alkyl halides is 3. The van der Waals surface area contributed by atoms with E-state index in [-0.39, 0.29) is 12.5 Å². The van der Waals surface area contributed by atoms with Crippen LogP contribution in [0.5, 0.6) is 5.75 Å².